The van der Waals surface area contributed by atoms with Gasteiger partial charge in [-0.1, -0.05) is 53.0 Å². The van der Waals surface area contributed by atoms with E-state index in [-0.39, 0.29) is 0 Å². The van der Waals surface area contributed by atoms with Crippen molar-refractivity contribution < 1.29 is 4.74 Å². The number of benzene rings is 1. The van der Waals surface area contributed by atoms with Crippen LogP contribution in [0.2, 0.25) is 0 Å². The summed E-state index contributed by atoms with van der Waals surface area (Å²) in [7, 11) is 3.82. The van der Waals surface area contributed by atoms with Crippen LogP contribution in [0.15, 0.2) is 34.3 Å². The van der Waals surface area contributed by atoms with Crippen molar-refractivity contribution in [2.24, 2.45) is 9.98 Å². The molecule has 0 aromatic heterocycles. The van der Waals surface area contributed by atoms with Gasteiger partial charge in [-0.15, -0.1) is 0 Å². The molecule has 8 heteroatoms. The number of aliphatic imine (C=N–C) groups is 2. The van der Waals surface area contributed by atoms with Crippen molar-refractivity contribution in [2.75, 3.05) is 33.9 Å². The van der Waals surface area contributed by atoms with E-state index in [1.54, 1.807) is 7.11 Å². The topological polar surface area (TPSA) is 40.4 Å². The van der Waals surface area contributed by atoms with Gasteiger partial charge in [0.1, 0.15) is 18.3 Å². The molecule has 148 valence electrons. The van der Waals surface area contributed by atoms with Crippen LogP contribution in [-0.2, 0) is 6.42 Å². The van der Waals surface area contributed by atoms with Crippen LogP contribution >= 0.6 is 34.8 Å². The van der Waals surface area contributed by atoms with Gasteiger partial charge in [0.2, 0.25) is 3.79 Å². The maximum absolute atomic E-state index is 6.23. The zero-order valence-corrected chi connectivity index (χ0v) is 17.9. The highest BCUT2D eigenvalue weighted by Gasteiger charge is 2.35. The van der Waals surface area contributed by atoms with E-state index < -0.39 is 3.79 Å². The van der Waals surface area contributed by atoms with E-state index in [1.807, 2.05) is 29.2 Å². The Hall–Kier alpha value is -1.01. The van der Waals surface area contributed by atoms with E-state index >= 15 is 0 Å². The van der Waals surface area contributed by atoms with Crippen molar-refractivity contribution in [1.29, 1.82) is 0 Å². The summed E-state index contributed by atoms with van der Waals surface area (Å²) in [5.74, 6) is 1.90. The number of nitrogens with zero attached hydrogens (tertiary/aromatic N) is 4. The number of methoxy groups -OCH3 is 1. The fourth-order valence-electron chi connectivity index (χ4n) is 3.65. The Morgan fingerprint density at radius 2 is 2.04 bits per heavy atom. The summed E-state index contributed by atoms with van der Waals surface area (Å²) in [4.78, 5) is 13.6. The van der Waals surface area contributed by atoms with E-state index in [0.717, 1.165) is 30.8 Å². The quantitative estimate of drug-likeness (QED) is 0.635. The molecule has 1 aromatic rings. The molecule has 2 heterocycles. The zero-order chi connectivity index (χ0) is 19.4. The van der Waals surface area contributed by atoms with Gasteiger partial charge in [0, 0.05) is 24.6 Å². The number of halogens is 3. The Bertz CT molecular complexity index is 717. The smallest absolute Gasteiger partial charge is 0.248 e. The lowest BCUT2D eigenvalue weighted by molar-refractivity contribution is 0.271. The van der Waals surface area contributed by atoms with Crippen LogP contribution in [0.5, 0.6) is 5.75 Å². The highest BCUT2D eigenvalue weighted by Crippen LogP contribution is 2.32. The third kappa shape index (κ3) is 5.29. The molecule has 2 aliphatic rings. The van der Waals surface area contributed by atoms with E-state index in [1.165, 1.54) is 12.8 Å². The van der Waals surface area contributed by atoms with Crippen LogP contribution in [0.4, 0.5) is 0 Å². The van der Waals surface area contributed by atoms with Gasteiger partial charge in [-0.25, -0.2) is 9.98 Å². The molecule has 0 amide bonds. The molecule has 0 bridgehead atoms. The number of likely N-dealkylation sites (tertiary alicyclic amines) is 1. The van der Waals surface area contributed by atoms with Gasteiger partial charge in [-0.2, -0.15) is 0 Å². The molecule has 0 N–H and O–H groups in total. The van der Waals surface area contributed by atoms with Crippen molar-refractivity contribution in [1.82, 2.24) is 9.80 Å². The van der Waals surface area contributed by atoms with Crippen LogP contribution in [-0.4, -0.2) is 65.2 Å². The SMILES string of the molecule is COc1ccccc1CC1=NCN(CCC2CCCN2C)C(C(Cl)(Cl)Cl)=N1. The number of rotatable bonds is 6. The largest absolute Gasteiger partial charge is 0.496 e. The molecule has 5 nitrogen and oxygen atoms in total. The molecule has 3 rings (SSSR count). The maximum atomic E-state index is 6.23. The number of amidine groups is 2. The average Bonchev–Trinajstić information content (AvgIpc) is 3.05. The van der Waals surface area contributed by atoms with Gasteiger partial charge in [0.15, 0.2) is 5.84 Å². The second kappa shape index (κ2) is 8.99. The van der Waals surface area contributed by atoms with Gasteiger partial charge >= 0.3 is 0 Å². The van der Waals surface area contributed by atoms with Gasteiger partial charge in [0.05, 0.1) is 7.11 Å². The average molecular weight is 432 g/mol. The number of hydrogen-bond acceptors (Lipinski definition) is 5. The summed E-state index contributed by atoms with van der Waals surface area (Å²) in [6.45, 7) is 2.37. The molecule has 0 saturated carbocycles. The Kier molecular flexibility index (Phi) is 6.90. The third-order valence-corrected chi connectivity index (χ3v) is 5.66. The minimum absolute atomic E-state index is 0.452. The van der Waals surface area contributed by atoms with Crippen molar-refractivity contribution in [3.8, 4) is 5.75 Å². The minimum Gasteiger partial charge on any atom is -0.496 e. The first kappa shape index (κ1) is 20.7. The lowest BCUT2D eigenvalue weighted by Gasteiger charge is -2.32. The molecular weight excluding hydrogens is 407 g/mol. The first-order chi connectivity index (χ1) is 12.9. The monoisotopic (exact) mass is 430 g/mol. The fraction of sp³-hybridized carbons (Fsp3) is 0.579. The van der Waals surface area contributed by atoms with Crippen LogP contribution < -0.4 is 4.74 Å². The van der Waals surface area contributed by atoms with Gasteiger partial charge < -0.3 is 14.5 Å². The molecule has 0 spiro atoms. The van der Waals surface area contributed by atoms with Crippen molar-refractivity contribution in [2.45, 2.75) is 35.5 Å². The Morgan fingerprint density at radius 3 is 2.70 bits per heavy atom. The summed E-state index contributed by atoms with van der Waals surface area (Å²) in [5, 5.41) is 0. The Morgan fingerprint density at radius 1 is 1.26 bits per heavy atom. The number of alkyl halides is 3. The summed E-state index contributed by atoms with van der Waals surface area (Å²) < 4.78 is 3.83. The summed E-state index contributed by atoms with van der Waals surface area (Å²) in [6, 6.07) is 8.38. The fourth-order valence-corrected chi connectivity index (χ4v) is 4.13. The lowest BCUT2D eigenvalue weighted by atomic mass is 10.1. The van der Waals surface area contributed by atoms with E-state index in [0.29, 0.717) is 30.8 Å². The zero-order valence-electron chi connectivity index (χ0n) is 15.7. The predicted octanol–water partition coefficient (Wildman–Crippen LogP) is 4.16. The molecule has 1 fully saturated rings. The predicted molar refractivity (Wildman–Crippen MR) is 114 cm³/mol. The Balaban J connectivity index is 1.71. The van der Waals surface area contributed by atoms with Crippen LogP contribution in [0.1, 0.15) is 24.8 Å². The highest BCUT2D eigenvalue weighted by atomic mass is 35.6. The lowest BCUT2D eigenvalue weighted by Crippen LogP contribution is -2.44. The second-order valence-electron chi connectivity index (χ2n) is 6.97. The number of ether oxygens (including phenoxy) is 1. The molecule has 1 unspecified atom stereocenters. The Labute approximate surface area is 175 Å². The standard InChI is InChI=1S/C19H25Cl3N4O/c1-25-10-5-7-15(25)9-11-26-13-23-17(24-18(26)19(20,21)22)12-14-6-3-4-8-16(14)27-2/h3-4,6,8,15H,5,7,9-13H2,1-2H3. The number of para-hydroxylation sites is 1. The summed E-state index contributed by atoms with van der Waals surface area (Å²) in [6.07, 6.45) is 4.00. The minimum atomic E-state index is -1.58. The number of hydrogen-bond donors (Lipinski definition) is 0. The normalized spacial score (nSPS) is 21.2. The molecule has 27 heavy (non-hydrogen) atoms. The van der Waals surface area contributed by atoms with E-state index in [9.17, 15) is 0 Å². The molecular formula is C19H25Cl3N4O. The molecule has 0 aliphatic carbocycles. The van der Waals surface area contributed by atoms with E-state index in [2.05, 4.69) is 21.9 Å². The first-order valence-electron chi connectivity index (χ1n) is 9.15. The van der Waals surface area contributed by atoms with Gasteiger partial charge in [-0.05, 0) is 38.9 Å². The molecule has 1 atom stereocenters. The molecule has 2 aliphatic heterocycles. The highest BCUT2D eigenvalue weighted by molar-refractivity contribution is 6.76. The maximum Gasteiger partial charge on any atom is 0.248 e. The van der Waals surface area contributed by atoms with Crippen LogP contribution in [0.25, 0.3) is 0 Å². The van der Waals surface area contributed by atoms with Gasteiger partial charge in [0.25, 0.3) is 0 Å². The second-order valence-corrected chi connectivity index (χ2v) is 9.25. The summed E-state index contributed by atoms with van der Waals surface area (Å²) >= 11 is 18.7. The first-order valence-corrected chi connectivity index (χ1v) is 10.3. The van der Waals surface area contributed by atoms with E-state index in [4.69, 9.17) is 39.5 Å². The molecule has 1 saturated heterocycles. The van der Waals surface area contributed by atoms with Crippen molar-refractivity contribution >= 4 is 46.5 Å². The van der Waals surface area contributed by atoms with Gasteiger partial charge in [-0.3, -0.25) is 0 Å². The molecule has 0 radical (unpaired) electrons. The van der Waals surface area contributed by atoms with Crippen LogP contribution in [0, 0.1) is 0 Å². The van der Waals surface area contributed by atoms with Crippen molar-refractivity contribution in [3.63, 3.8) is 0 Å². The summed E-state index contributed by atoms with van der Waals surface area (Å²) in [5.41, 5.74) is 1.01. The molecule has 1 aromatic carbocycles. The third-order valence-electron chi connectivity index (χ3n) is 5.16. The van der Waals surface area contributed by atoms with Crippen molar-refractivity contribution in [3.05, 3.63) is 29.8 Å². The van der Waals surface area contributed by atoms with Crippen LogP contribution in [0.3, 0.4) is 0 Å².